The number of piperazine rings is 1. The molecule has 0 atom stereocenters. The minimum atomic E-state index is -0.485. The molecule has 1 amide bonds. The maximum Gasteiger partial charge on any atom is 0.263 e. The smallest absolute Gasteiger partial charge is 0.263 e. The van der Waals surface area contributed by atoms with Crippen LogP contribution >= 0.6 is 11.6 Å². The normalized spacial score (nSPS) is 15.1. The summed E-state index contributed by atoms with van der Waals surface area (Å²) in [6.07, 6.45) is 1.53. The van der Waals surface area contributed by atoms with Crippen LogP contribution in [0, 0.1) is 5.82 Å². The Morgan fingerprint density at radius 2 is 1.90 bits per heavy atom. The van der Waals surface area contributed by atoms with Crippen molar-refractivity contribution in [2.45, 2.75) is 26.3 Å². The molecule has 1 aromatic carbocycles. The van der Waals surface area contributed by atoms with Gasteiger partial charge >= 0.3 is 0 Å². The number of anilines is 1. The van der Waals surface area contributed by atoms with Crippen molar-refractivity contribution < 1.29 is 9.18 Å². The Balaban J connectivity index is 1.55. The molecular formula is C20H22ClFN6O2. The van der Waals surface area contributed by atoms with Crippen LogP contribution in [0.1, 0.15) is 31.1 Å². The Hall–Kier alpha value is -2.94. The number of amides is 1. The number of carbonyl (C=O) groups excluding carboxylic acids is 1. The summed E-state index contributed by atoms with van der Waals surface area (Å²) in [5.41, 5.74) is 0.229. The van der Waals surface area contributed by atoms with Gasteiger partial charge in [0.1, 0.15) is 11.2 Å². The molecule has 30 heavy (non-hydrogen) atoms. The van der Waals surface area contributed by atoms with E-state index >= 15 is 0 Å². The van der Waals surface area contributed by atoms with E-state index < -0.39 is 5.82 Å². The molecule has 0 bridgehead atoms. The van der Waals surface area contributed by atoms with Crippen molar-refractivity contribution in [2.75, 3.05) is 31.1 Å². The molecule has 1 aliphatic rings. The second-order valence-corrected chi connectivity index (χ2v) is 8.66. The van der Waals surface area contributed by atoms with Crippen LogP contribution in [0.25, 0.3) is 11.0 Å². The lowest BCUT2D eigenvalue weighted by Crippen LogP contribution is -2.49. The zero-order valence-corrected chi connectivity index (χ0v) is 17.7. The van der Waals surface area contributed by atoms with Gasteiger partial charge in [0.05, 0.1) is 22.3 Å². The van der Waals surface area contributed by atoms with Gasteiger partial charge in [0.15, 0.2) is 5.65 Å². The minimum absolute atomic E-state index is 0.0920. The highest BCUT2D eigenvalue weighted by Crippen LogP contribution is 2.22. The first-order valence-corrected chi connectivity index (χ1v) is 10.0. The van der Waals surface area contributed by atoms with E-state index in [0.29, 0.717) is 43.2 Å². The van der Waals surface area contributed by atoms with E-state index in [1.807, 2.05) is 25.7 Å². The van der Waals surface area contributed by atoms with Crippen molar-refractivity contribution in [2.24, 2.45) is 0 Å². The molecule has 1 fully saturated rings. The van der Waals surface area contributed by atoms with E-state index in [0.717, 1.165) is 6.07 Å². The van der Waals surface area contributed by atoms with Gasteiger partial charge in [0, 0.05) is 26.2 Å². The Kier molecular flexibility index (Phi) is 5.01. The van der Waals surface area contributed by atoms with Gasteiger partial charge in [-0.25, -0.2) is 9.07 Å². The Morgan fingerprint density at radius 3 is 2.53 bits per heavy atom. The molecule has 3 aromatic rings. The number of nitrogens with zero attached hydrogens (tertiary/aromatic N) is 5. The fourth-order valence-electron chi connectivity index (χ4n) is 3.50. The largest absolute Gasteiger partial charge is 0.339 e. The fraction of sp³-hybridized carbons (Fsp3) is 0.400. The third kappa shape index (κ3) is 3.65. The first-order valence-electron chi connectivity index (χ1n) is 9.63. The van der Waals surface area contributed by atoms with E-state index in [9.17, 15) is 14.0 Å². The predicted molar refractivity (Wildman–Crippen MR) is 113 cm³/mol. The third-order valence-corrected chi connectivity index (χ3v) is 5.40. The van der Waals surface area contributed by atoms with Crippen LogP contribution in [-0.2, 0) is 5.54 Å². The van der Waals surface area contributed by atoms with Crippen LogP contribution in [0.15, 0.2) is 29.2 Å². The number of benzene rings is 1. The molecule has 10 heteroatoms. The van der Waals surface area contributed by atoms with Gasteiger partial charge in [0.2, 0.25) is 5.95 Å². The van der Waals surface area contributed by atoms with Crippen LogP contribution in [0.3, 0.4) is 0 Å². The van der Waals surface area contributed by atoms with Gasteiger partial charge in [-0.05, 0) is 39.0 Å². The van der Waals surface area contributed by atoms with E-state index in [-0.39, 0.29) is 27.6 Å². The molecule has 1 aliphatic heterocycles. The minimum Gasteiger partial charge on any atom is -0.339 e. The lowest BCUT2D eigenvalue weighted by Gasteiger charge is -2.35. The maximum atomic E-state index is 13.3. The van der Waals surface area contributed by atoms with E-state index in [2.05, 4.69) is 15.1 Å². The summed E-state index contributed by atoms with van der Waals surface area (Å²) in [4.78, 5) is 36.3. The number of nitrogens with one attached hydrogen (secondary N) is 1. The van der Waals surface area contributed by atoms with Gasteiger partial charge < -0.3 is 9.80 Å². The fourth-order valence-corrected chi connectivity index (χ4v) is 3.75. The molecule has 1 saturated heterocycles. The summed E-state index contributed by atoms with van der Waals surface area (Å²) in [5.74, 6) is -0.283. The first-order chi connectivity index (χ1) is 14.1. The number of aromatic nitrogens is 4. The van der Waals surface area contributed by atoms with Crippen LogP contribution in [0.4, 0.5) is 10.3 Å². The number of hydrogen-bond acceptors (Lipinski definition) is 5. The van der Waals surface area contributed by atoms with E-state index in [1.54, 1.807) is 9.58 Å². The zero-order valence-electron chi connectivity index (χ0n) is 16.9. The molecule has 0 radical (unpaired) electrons. The molecule has 0 spiro atoms. The highest BCUT2D eigenvalue weighted by molar-refractivity contribution is 6.33. The van der Waals surface area contributed by atoms with Crippen molar-refractivity contribution in [1.82, 2.24) is 24.6 Å². The molecule has 2 aromatic heterocycles. The topological polar surface area (TPSA) is 87.1 Å². The monoisotopic (exact) mass is 432 g/mol. The summed E-state index contributed by atoms with van der Waals surface area (Å²) >= 11 is 6.03. The van der Waals surface area contributed by atoms with E-state index in [4.69, 9.17) is 11.6 Å². The van der Waals surface area contributed by atoms with Crippen LogP contribution in [0.5, 0.6) is 0 Å². The van der Waals surface area contributed by atoms with Crippen LogP contribution in [-0.4, -0.2) is 56.7 Å². The second-order valence-electron chi connectivity index (χ2n) is 8.26. The molecule has 3 heterocycles. The van der Waals surface area contributed by atoms with Gasteiger partial charge in [-0.1, -0.05) is 11.6 Å². The van der Waals surface area contributed by atoms with Gasteiger partial charge in [-0.15, -0.1) is 0 Å². The third-order valence-electron chi connectivity index (χ3n) is 5.09. The number of H-pyrrole nitrogens is 1. The summed E-state index contributed by atoms with van der Waals surface area (Å²) < 4.78 is 15.0. The van der Waals surface area contributed by atoms with Crippen LogP contribution in [0.2, 0.25) is 5.02 Å². The number of hydrogen-bond donors (Lipinski definition) is 1. The first kappa shape index (κ1) is 20.3. The molecule has 0 unspecified atom stereocenters. The number of halogens is 2. The van der Waals surface area contributed by atoms with Gasteiger partial charge in [-0.3, -0.25) is 14.6 Å². The standard InChI is InChI=1S/C20H22ClFN6O2/c1-20(2,3)28-16-14(11-23-28)17(29)25-19(24-16)27-8-6-26(7-9-27)18(30)13-5-4-12(22)10-15(13)21/h4-5,10-11H,6-9H2,1-3H3,(H,24,25,29). The molecule has 1 N–H and O–H groups in total. The van der Waals surface area contributed by atoms with E-state index in [1.165, 1.54) is 18.3 Å². The molecule has 4 rings (SSSR count). The maximum absolute atomic E-state index is 13.3. The highest BCUT2D eigenvalue weighted by Gasteiger charge is 2.26. The SMILES string of the molecule is CC(C)(C)n1ncc2c(=O)[nH]c(N3CCN(C(=O)c4ccc(F)cc4Cl)CC3)nc21. The number of aromatic amines is 1. The summed E-state index contributed by atoms with van der Waals surface area (Å²) in [6, 6.07) is 3.75. The Labute approximate surface area is 177 Å². The van der Waals surface area contributed by atoms with Gasteiger partial charge in [-0.2, -0.15) is 10.1 Å². The average molecular weight is 433 g/mol. The molecular weight excluding hydrogens is 411 g/mol. The van der Waals surface area contributed by atoms with Crippen molar-refractivity contribution in [3.63, 3.8) is 0 Å². The number of rotatable bonds is 2. The highest BCUT2D eigenvalue weighted by atomic mass is 35.5. The van der Waals surface area contributed by atoms with Gasteiger partial charge in [0.25, 0.3) is 11.5 Å². The second kappa shape index (κ2) is 7.39. The predicted octanol–water partition coefficient (Wildman–Crippen LogP) is 2.63. The molecule has 0 aliphatic carbocycles. The Morgan fingerprint density at radius 1 is 1.20 bits per heavy atom. The van der Waals surface area contributed by atoms with Crippen molar-refractivity contribution in [3.8, 4) is 0 Å². The summed E-state index contributed by atoms with van der Waals surface area (Å²) in [6.45, 7) is 7.80. The average Bonchev–Trinajstić information content (AvgIpc) is 3.13. The lowest BCUT2D eigenvalue weighted by atomic mass is 10.1. The lowest BCUT2D eigenvalue weighted by molar-refractivity contribution is 0.0746. The molecule has 158 valence electrons. The van der Waals surface area contributed by atoms with Crippen molar-refractivity contribution in [3.05, 3.63) is 51.2 Å². The summed E-state index contributed by atoms with van der Waals surface area (Å²) in [7, 11) is 0. The summed E-state index contributed by atoms with van der Waals surface area (Å²) in [5, 5.41) is 4.85. The molecule has 0 saturated carbocycles. The molecule has 8 nitrogen and oxygen atoms in total. The number of carbonyl (C=O) groups is 1. The van der Waals surface area contributed by atoms with Crippen molar-refractivity contribution in [1.29, 1.82) is 0 Å². The quantitative estimate of drug-likeness (QED) is 0.672. The van der Waals surface area contributed by atoms with Crippen LogP contribution < -0.4 is 10.5 Å². The zero-order chi connectivity index (χ0) is 21.6. The Bertz CT molecular complexity index is 1170. The van der Waals surface area contributed by atoms with Crippen molar-refractivity contribution >= 4 is 34.5 Å². The number of fused-ring (bicyclic) bond motifs is 1.